The van der Waals surface area contributed by atoms with Gasteiger partial charge in [0.2, 0.25) is 11.8 Å². The van der Waals surface area contributed by atoms with Gasteiger partial charge in [-0.2, -0.15) is 0 Å². The number of aromatic nitrogens is 4. The number of likely N-dealkylation sites (tertiary alicyclic amines) is 2. The van der Waals surface area contributed by atoms with E-state index in [1.807, 2.05) is 97.1 Å². The molecule has 10 rings (SSSR count). The summed E-state index contributed by atoms with van der Waals surface area (Å²) in [5.74, 6) is 7.51. The number of aromatic amines is 2. The van der Waals surface area contributed by atoms with E-state index in [1.165, 1.54) is 9.80 Å². The maximum atomic E-state index is 13.9. The number of ether oxygens (including phenoxy) is 4. The fraction of sp³-hybridized carbons (Fsp3) is 0.333. The van der Waals surface area contributed by atoms with Crippen molar-refractivity contribution in [2.45, 2.75) is 63.1 Å². The van der Waals surface area contributed by atoms with Gasteiger partial charge in [0.15, 0.2) is 0 Å². The number of hydrogen-bond acceptors (Lipinski definition) is 10. The number of carbonyl (C=O) groups excluding carboxylic acids is 4. The molecule has 0 unspecified atom stereocenters. The molecule has 6 heterocycles. The summed E-state index contributed by atoms with van der Waals surface area (Å²) in [5, 5.41) is 0. The Labute approximate surface area is 368 Å². The SMILES string of the molecule is O=C(OCc1ccccc1)N1COC[C@@H]1C(=O)N1CCC[C@H]1c1nc2cc(C#Cc3ccc4[nH]c([C@@H]5CCCN5C(=O)[C@H]5COCN5C(=O)OCc5ccccc5)nc4c3)ccc2[nH]1. The minimum atomic E-state index is -0.780. The van der Waals surface area contributed by atoms with Gasteiger partial charge in [-0.1, -0.05) is 72.5 Å². The maximum absolute atomic E-state index is 13.9. The fourth-order valence-electron chi connectivity index (χ4n) is 8.94. The van der Waals surface area contributed by atoms with Gasteiger partial charge in [-0.3, -0.25) is 19.4 Å². The average molecular weight is 863 g/mol. The highest BCUT2D eigenvalue weighted by Gasteiger charge is 2.44. The summed E-state index contributed by atoms with van der Waals surface area (Å²) >= 11 is 0. The number of fused-ring (bicyclic) bond motifs is 2. The Morgan fingerprint density at radius 3 is 1.47 bits per heavy atom. The summed E-state index contributed by atoms with van der Waals surface area (Å²) < 4.78 is 22.2. The second kappa shape index (κ2) is 17.9. The van der Waals surface area contributed by atoms with Crippen molar-refractivity contribution < 1.29 is 38.1 Å². The molecule has 4 aliphatic rings. The highest BCUT2D eigenvalue weighted by molar-refractivity contribution is 5.88. The van der Waals surface area contributed by atoms with Gasteiger partial charge in [-0.05, 0) is 73.2 Å². The van der Waals surface area contributed by atoms with Crippen LogP contribution in [0.1, 0.15) is 71.7 Å². The molecule has 326 valence electrons. The van der Waals surface area contributed by atoms with Gasteiger partial charge in [-0.25, -0.2) is 19.6 Å². The third-order valence-electron chi connectivity index (χ3n) is 12.3. The van der Waals surface area contributed by atoms with Crippen molar-refractivity contribution >= 4 is 46.1 Å². The molecule has 0 saturated carbocycles. The summed E-state index contributed by atoms with van der Waals surface area (Å²) in [4.78, 5) is 76.9. The van der Waals surface area contributed by atoms with E-state index in [2.05, 4.69) is 21.8 Å². The molecule has 0 radical (unpaired) electrons. The molecule has 0 aliphatic carbocycles. The lowest BCUT2D eigenvalue weighted by molar-refractivity contribution is -0.137. The zero-order chi connectivity index (χ0) is 43.6. The topological polar surface area (TPSA) is 176 Å². The van der Waals surface area contributed by atoms with Crippen molar-refractivity contribution in [3.05, 3.63) is 131 Å². The highest BCUT2D eigenvalue weighted by Crippen LogP contribution is 2.35. The predicted molar refractivity (Wildman–Crippen MR) is 232 cm³/mol. The zero-order valence-corrected chi connectivity index (χ0v) is 35.0. The van der Waals surface area contributed by atoms with Crippen LogP contribution in [-0.4, -0.2) is 115 Å². The Morgan fingerprint density at radius 2 is 1.03 bits per heavy atom. The molecule has 64 heavy (non-hydrogen) atoms. The van der Waals surface area contributed by atoms with Gasteiger partial charge in [0.05, 0.1) is 47.4 Å². The number of H-pyrrole nitrogens is 2. The minimum Gasteiger partial charge on any atom is -0.444 e. The van der Waals surface area contributed by atoms with Crippen LogP contribution >= 0.6 is 0 Å². The number of benzene rings is 4. The lowest BCUT2D eigenvalue weighted by Crippen LogP contribution is -2.49. The molecule has 16 heteroatoms. The van der Waals surface area contributed by atoms with E-state index in [4.69, 9.17) is 28.9 Å². The molecule has 4 aromatic carbocycles. The van der Waals surface area contributed by atoms with Gasteiger partial charge < -0.3 is 38.7 Å². The van der Waals surface area contributed by atoms with Crippen molar-refractivity contribution in [2.75, 3.05) is 39.8 Å². The summed E-state index contributed by atoms with van der Waals surface area (Å²) in [6.07, 6.45) is 1.90. The molecule has 6 aromatic rings. The summed E-state index contributed by atoms with van der Waals surface area (Å²) in [5.41, 5.74) is 6.39. The Morgan fingerprint density at radius 1 is 0.594 bits per heavy atom. The first-order valence-electron chi connectivity index (χ1n) is 21.6. The quantitative estimate of drug-likeness (QED) is 0.169. The molecular formula is C48H46N8O8. The van der Waals surface area contributed by atoms with E-state index < -0.39 is 24.3 Å². The Kier molecular flexibility index (Phi) is 11.4. The molecular weight excluding hydrogens is 817 g/mol. The monoisotopic (exact) mass is 862 g/mol. The third kappa shape index (κ3) is 8.35. The van der Waals surface area contributed by atoms with Crippen LogP contribution in [0.3, 0.4) is 0 Å². The van der Waals surface area contributed by atoms with E-state index >= 15 is 0 Å². The molecule has 4 atom stereocenters. The zero-order valence-electron chi connectivity index (χ0n) is 35.0. The normalized spacial score (nSPS) is 20.8. The standard InChI is InChI=1S/C48H46N8O8/c57-45(41-27-61-29-55(41)47(59)63-25-33-9-3-1-4-10-33)53-21-7-13-39(53)43-49-35-19-17-31(23-37(35)51-43)15-16-32-18-20-36-38(24-32)52-44(50-36)40-14-8-22-54(40)46(58)42-28-62-30-56(42)48(60)64-26-34-11-5-2-6-12-34/h1-6,9-12,17-20,23-24,39-42H,7-8,13-14,21-22,25-30H2,(H,49,51)(H,50,52)/t39-,40-,41+,42+/m0/s1. The second-order valence-corrected chi connectivity index (χ2v) is 16.4. The van der Waals surface area contributed by atoms with Gasteiger partial charge in [-0.15, -0.1) is 0 Å². The van der Waals surface area contributed by atoms with Crippen LogP contribution in [0.2, 0.25) is 0 Å². The molecule has 0 spiro atoms. The number of nitrogens with one attached hydrogen (secondary N) is 2. The number of imidazole rings is 2. The van der Waals surface area contributed by atoms with Gasteiger partial charge in [0.25, 0.3) is 0 Å². The average Bonchev–Trinajstić information content (AvgIpc) is 4.19. The number of amides is 4. The first kappa shape index (κ1) is 40.8. The molecule has 4 fully saturated rings. The van der Waals surface area contributed by atoms with Gasteiger partial charge in [0, 0.05) is 24.2 Å². The lowest BCUT2D eigenvalue weighted by Gasteiger charge is -2.29. The third-order valence-corrected chi connectivity index (χ3v) is 12.3. The number of rotatable bonds is 8. The predicted octanol–water partition coefficient (Wildman–Crippen LogP) is 6.16. The molecule has 16 nitrogen and oxygen atoms in total. The molecule has 0 bridgehead atoms. The largest absolute Gasteiger partial charge is 0.444 e. The molecule has 4 saturated heterocycles. The minimum absolute atomic E-state index is 0.0107. The number of hydrogen-bond donors (Lipinski definition) is 2. The first-order valence-corrected chi connectivity index (χ1v) is 21.6. The van der Waals surface area contributed by atoms with E-state index in [9.17, 15) is 19.2 Å². The maximum Gasteiger partial charge on any atom is 0.412 e. The smallest absolute Gasteiger partial charge is 0.412 e. The van der Waals surface area contributed by atoms with Crippen molar-refractivity contribution in [1.82, 2.24) is 39.5 Å². The molecule has 2 N–H and O–H groups in total. The molecule has 4 aliphatic heterocycles. The summed E-state index contributed by atoms with van der Waals surface area (Å²) in [6, 6.07) is 28.3. The van der Waals surface area contributed by atoms with E-state index in [0.717, 1.165) is 70.0 Å². The Balaban J connectivity index is 0.788. The Bertz CT molecular complexity index is 2580. The second-order valence-electron chi connectivity index (χ2n) is 16.4. The lowest BCUT2D eigenvalue weighted by atomic mass is 10.1. The molecule has 4 amide bonds. The van der Waals surface area contributed by atoms with E-state index in [0.29, 0.717) is 24.7 Å². The highest BCUT2D eigenvalue weighted by atomic mass is 16.6. The van der Waals surface area contributed by atoms with Gasteiger partial charge in [0.1, 0.15) is 50.4 Å². The van der Waals surface area contributed by atoms with E-state index in [1.54, 1.807) is 9.80 Å². The van der Waals surface area contributed by atoms with E-state index in [-0.39, 0.29) is 63.8 Å². The van der Waals surface area contributed by atoms with Crippen molar-refractivity contribution in [2.24, 2.45) is 0 Å². The van der Waals surface area contributed by atoms with Crippen LogP contribution in [0.5, 0.6) is 0 Å². The van der Waals surface area contributed by atoms with Crippen LogP contribution in [0.4, 0.5) is 9.59 Å². The van der Waals surface area contributed by atoms with Crippen LogP contribution in [0, 0.1) is 11.8 Å². The van der Waals surface area contributed by atoms with Crippen LogP contribution in [-0.2, 0) is 41.8 Å². The van der Waals surface area contributed by atoms with Gasteiger partial charge >= 0.3 is 12.2 Å². The number of carbonyl (C=O) groups is 4. The van der Waals surface area contributed by atoms with Crippen LogP contribution in [0.25, 0.3) is 22.1 Å². The van der Waals surface area contributed by atoms with Crippen molar-refractivity contribution in [3.63, 3.8) is 0 Å². The summed E-state index contributed by atoms with van der Waals surface area (Å²) in [6.45, 7) is 1.48. The van der Waals surface area contributed by atoms with Crippen LogP contribution < -0.4 is 0 Å². The summed E-state index contributed by atoms with van der Waals surface area (Å²) in [7, 11) is 0. The fourth-order valence-corrected chi connectivity index (χ4v) is 8.94. The Hall–Kier alpha value is -7.22. The molecule has 2 aromatic heterocycles. The first-order chi connectivity index (χ1) is 31.4. The van der Waals surface area contributed by atoms with Crippen LogP contribution in [0.15, 0.2) is 97.1 Å². The van der Waals surface area contributed by atoms with Crippen molar-refractivity contribution in [1.29, 1.82) is 0 Å². The number of nitrogens with zero attached hydrogens (tertiary/aromatic N) is 6. The van der Waals surface area contributed by atoms with Crippen molar-refractivity contribution in [3.8, 4) is 11.8 Å².